The standard InChI is InChI=1S/C9H10F2/c1-9(2,11)7-3-5-8(10)6-4-7/h3-6H,1-2H3. The van der Waals surface area contributed by atoms with E-state index < -0.39 is 5.67 Å². The summed E-state index contributed by atoms with van der Waals surface area (Å²) in [6.45, 7) is 2.89. The van der Waals surface area contributed by atoms with Crippen LogP contribution in [0.3, 0.4) is 0 Å². The van der Waals surface area contributed by atoms with E-state index in [1.807, 2.05) is 0 Å². The summed E-state index contributed by atoms with van der Waals surface area (Å²) in [6, 6.07) is 5.43. The maximum Gasteiger partial charge on any atom is 0.130 e. The average molecular weight is 156 g/mol. The molecule has 0 aliphatic carbocycles. The molecule has 11 heavy (non-hydrogen) atoms. The SMILES string of the molecule is CC(C)(F)c1ccc(F)cc1. The first-order valence-corrected chi connectivity index (χ1v) is 3.45. The third-order valence-electron chi connectivity index (χ3n) is 1.53. The van der Waals surface area contributed by atoms with E-state index >= 15 is 0 Å². The molecular weight excluding hydrogens is 146 g/mol. The molecule has 1 aromatic carbocycles. The molecule has 0 nitrogen and oxygen atoms in total. The molecule has 0 saturated heterocycles. The van der Waals surface area contributed by atoms with E-state index in [-0.39, 0.29) is 5.82 Å². The lowest BCUT2D eigenvalue weighted by atomic mass is 10.0. The highest BCUT2D eigenvalue weighted by molar-refractivity contribution is 5.21. The monoisotopic (exact) mass is 156 g/mol. The highest BCUT2D eigenvalue weighted by Crippen LogP contribution is 2.23. The maximum absolute atomic E-state index is 13.1. The molecule has 1 aromatic rings. The van der Waals surface area contributed by atoms with Gasteiger partial charge in [-0.1, -0.05) is 12.1 Å². The molecule has 0 amide bonds. The zero-order valence-electron chi connectivity index (χ0n) is 6.57. The molecule has 0 spiro atoms. The van der Waals surface area contributed by atoms with Crippen molar-refractivity contribution in [3.8, 4) is 0 Å². The Hall–Kier alpha value is -0.920. The second kappa shape index (κ2) is 2.61. The molecule has 0 aromatic heterocycles. The van der Waals surface area contributed by atoms with Crippen LogP contribution in [0.4, 0.5) is 8.78 Å². The Morgan fingerprint density at radius 2 is 1.55 bits per heavy atom. The Kier molecular flexibility index (Phi) is 1.94. The second-order valence-corrected chi connectivity index (χ2v) is 2.98. The van der Waals surface area contributed by atoms with Gasteiger partial charge in [-0.05, 0) is 31.5 Å². The molecule has 1 rings (SSSR count). The first kappa shape index (κ1) is 8.18. The molecule has 0 N–H and O–H groups in total. The van der Waals surface area contributed by atoms with Gasteiger partial charge in [0.05, 0.1) is 0 Å². The summed E-state index contributed by atoms with van der Waals surface area (Å²) < 4.78 is 25.5. The molecule has 0 bridgehead atoms. The first-order chi connectivity index (χ1) is 5.00. The first-order valence-electron chi connectivity index (χ1n) is 3.45. The van der Waals surface area contributed by atoms with Crippen molar-refractivity contribution in [2.75, 3.05) is 0 Å². The van der Waals surface area contributed by atoms with Crippen molar-refractivity contribution in [3.63, 3.8) is 0 Å². The van der Waals surface area contributed by atoms with Crippen LogP contribution in [-0.4, -0.2) is 0 Å². The minimum atomic E-state index is -1.38. The third-order valence-corrected chi connectivity index (χ3v) is 1.53. The van der Waals surface area contributed by atoms with Crippen LogP contribution in [0.5, 0.6) is 0 Å². The Balaban J connectivity index is 2.99. The number of benzene rings is 1. The van der Waals surface area contributed by atoms with Gasteiger partial charge in [0.2, 0.25) is 0 Å². The van der Waals surface area contributed by atoms with Gasteiger partial charge < -0.3 is 0 Å². The number of alkyl halides is 1. The quantitative estimate of drug-likeness (QED) is 0.586. The van der Waals surface area contributed by atoms with Crippen LogP contribution >= 0.6 is 0 Å². The predicted octanol–water partition coefficient (Wildman–Crippen LogP) is 3.03. The van der Waals surface area contributed by atoms with Crippen LogP contribution in [0.15, 0.2) is 24.3 Å². The van der Waals surface area contributed by atoms with Gasteiger partial charge in [-0.25, -0.2) is 8.78 Å². The lowest BCUT2D eigenvalue weighted by molar-refractivity contribution is 0.221. The molecule has 0 radical (unpaired) electrons. The van der Waals surface area contributed by atoms with Crippen molar-refractivity contribution in [2.45, 2.75) is 19.5 Å². The Labute approximate surface area is 64.9 Å². The van der Waals surface area contributed by atoms with E-state index in [4.69, 9.17) is 0 Å². The highest BCUT2D eigenvalue weighted by Gasteiger charge is 2.17. The minimum Gasteiger partial charge on any atom is -0.239 e. The van der Waals surface area contributed by atoms with Crippen LogP contribution in [0.25, 0.3) is 0 Å². The van der Waals surface area contributed by atoms with E-state index in [1.54, 1.807) is 0 Å². The van der Waals surface area contributed by atoms with Gasteiger partial charge in [0.25, 0.3) is 0 Å². The van der Waals surface area contributed by atoms with Crippen molar-refractivity contribution in [1.29, 1.82) is 0 Å². The summed E-state index contributed by atoms with van der Waals surface area (Å²) in [5.74, 6) is -0.335. The summed E-state index contributed by atoms with van der Waals surface area (Å²) in [5.41, 5.74) is -0.882. The van der Waals surface area contributed by atoms with Gasteiger partial charge in [-0.2, -0.15) is 0 Å². The summed E-state index contributed by atoms with van der Waals surface area (Å²) in [7, 11) is 0. The van der Waals surface area contributed by atoms with Gasteiger partial charge in [-0.15, -0.1) is 0 Å². The normalized spacial score (nSPS) is 11.6. The summed E-state index contributed by atoms with van der Waals surface area (Å²) in [4.78, 5) is 0. The summed E-state index contributed by atoms with van der Waals surface area (Å²) in [6.07, 6.45) is 0. The van der Waals surface area contributed by atoms with Gasteiger partial charge in [-0.3, -0.25) is 0 Å². The molecule has 0 fully saturated rings. The largest absolute Gasteiger partial charge is 0.239 e. The topological polar surface area (TPSA) is 0 Å². The fourth-order valence-corrected chi connectivity index (χ4v) is 0.846. The van der Waals surface area contributed by atoms with Crippen LogP contribution in [0.2, 0.25) is 0 Å². The molecule has 0 atom stereocenters. The van der Waals surface area contributed by atoms with Crippen molar-refractivity contribution in [1.82, 2.24) is 0 Å². The molecule has 2 heteroatoms. The second-order valence-electron chi connectivity index (χ2n) is 2.98. The zero-order valence-corrected chi connectivity index (χ0v) is 6.57. The van der Waals surface area contributed by atoms with Crippen molar-refractivity contribution in [3.05, 3.63) is 35.6 Å². The Morgan fingerprint density at radius 1 is 1.09 bits per heavy atom. The minimum absolute atomic E-state index is 0.335. The van der Waals surface area contributed by atoms with Crippen molar-refractivity contribution >= 4 is 0 Å². The zero-order chi connectivity index (χ0) is 8.48. The van der Waals surface area contributed by atoms with Crippen molar-refractivity contribution in [2.24, 2.45) is 0 Å². The van der Waals surface area contributed by atoms with Crippen LogP contribution in [0, 0.1) is 5.82 Å². The lowest BCUT2D eigenvalue weighted by Crippen LogP contribution is -2.08. The Bertz CT molecular complexity index is 231. The highest BCUT2D eigenvalue weighted by atomic mass is 19.1. The summed E-state index contributed by atoms with van der Waals surface area (Å²) in [5, 5.41) is 0. The smallest absolute Gasteiger partial charge is 0.130 e. The lowest BCUT2D eigenvalue weighted by Gasteiger charge is -2.13. The molecule has 0 aliphatic rings. The number of rotatable bonds is 1. The van der Waals surface area contributed by atoms with E-state index in [1.165, 1.54) is 38.1 Å². The maximum atomic E-state index is 13.1. The number of hydrogen-bond donors (Lipinski definition) is 0. The van der Waals surface area contributed by atoms with E-state index in [0.717, 1.165) is 0 Å². The van der Waals surface area contributed by atoms with Gasteiger partial charge in [0.1, 0.15) is 11.5 Å². The van der Waals surface area contributed by atoms with E-state index in [2.05, 4.69) is 0 Å². The molecule has 60 valence electrons. The van der Waals surface area contributed by atoms with E-state index in [9.17, 15) is 8.78 Å². The molecular formula is C9H10F2. The molecule has 0 unspecified atom stereocenters. The number of hydrogen-bond acceptors (Lipinski definition) is 0. The van der Waals surface area contributed by atoms with Crippen LogP contribution < -0.4 is 0 Å². The van der Waals surface area contributed by atoms with Gasteiger partial charge >= 0.3 is 0 Å². The van der Waals surface area contributed by atoms with Gasteiger partial charge in [0, 0.05) is 0 Å². The fraction of sp³-hybridized carbons (Fsp3) is 0.333. The average Bonchev–Trinajstić information content (AvgIpc) is 1.86. The fourth-order valence-electron chi connectivity index (χ4n) is 0.846. The molecule has 0 saturated carbocycles. The van der Waals surface area contributed by atoms with Gasteiger partial charge in [0.15, 0.2) is 0 Å². The van der Waals surface area contributed by atoms with Crippen LogP contribution in [-0.2, 0) is 5.67 Å². The van der Waals surface area contributed by atoms with Crippen LogP contribution in [0.1, 0.15) is 19.4 Å². The van der Waals surface area contributed by atoms with Crippen molar-refractivity contribution < 1.29 is 8.78 Å². The molecule has 0 aliphatic heterocycles. The summed E-state index contributed by atoms with van der Waals surface area (Å²) >= 11 is 0. The Morgan fingerprint density at radius 3 is 1.91 bits per heavy atom. The molecule has 0 heterocycles. The predicted molar refractivity (Wildman–Crippen MR) is 40.5 cm³/mol. The number of halogens is 2. The third kappa shape index (κ3) is 2.00. The van der Waals surface area contributed by atoms with E-state index in [0.29, 0.717) is 5.56 Å².